The molecule has 0 aromatic heterocycles. The molecule has 0 aliphatic heterocycles. The molecule has 0 saturated heterocycles. The summed E-state index contributed by atoms with van der Waals surface area (Å²) in [5, 5.41) is 0. The third kappa shape index (κ3) is 0.467. The SMILES string of the molecule is [CH]1C2CC1(C1CC3C[C]1C3)C2. The maximum atomic E-state index is 2.66. The smallest absolute Gasteiger partial charge is 0.0199 e. The van der Waals surface area contributed by atoms with Crippen LogP contribution in [0.5, 0.6) is 0 Å². The second-order valence-corrected chi connectivity index (χ2v) is 5.29. The van der Waals surface area contributed by atoms with Gasteiger partial charge in [0.1, 0.15) is 0 Å². The van der Waals surface area contributed by atoms with Gasteiger partial charge in [0.2, 0.25) is 0 Å². The van der Waals surface area contributed by atoms with Crippen molar-refractivity contribution in [3.63, 3.8) is 0 Å². The van der Waals surface area contributed by atoms with Crippen molar-refractivity contribution < 1.29 is 0 Å². The van der Waals surface area contributed by atoms with Crippen molar-refractivity contribution in [2.24, 2.45) is 23.2 Å². The van der Waals surface area contributed by atoms with Crippen LogP contribution < -0.4 is 0 Å². The maximum absolute atomic E-state index is 2.66. The Labute approximate surface area is 68.4 Å². The molecule has 0 amide bonds. The fourth-order valence-electron chi connectivity index (χ4n) is 3.99. The van der Waals surface area contributed by atoms with Crippen molar-refractivity contribution in [1.82, 2.24) is 0 Å². The summed E-state index contributed by atoms with van der Waals surface area (Å²) in [5.41, 5.74) is 0.797. The highest BCUT2D eigenvalue weighted by molar-refractivity contribution is 5.31. The van der Waals surface area contributed by atoms with Gasteiger partial charge >= 0.3 is 0 Å². The molecule has 2 radical (unpaired) electrons. The van der Waals surface area contributed by atoms with E-state index in [0.717, 1.165) is 23.2 Å². The van der Waals surface area contributed by atoms with E-state index in [-0.39, 0.29) is 0 Å². The summed E-state index contributed by atoms with van der Waals surface area (Å²) in [7, 11) is 0. The largest absolute Gasteiger partial charge is 0.0465 e. The minimum atomic E-state index is 0.797. The topological polar surface area (TPSA) is 0 Å². The molecule has 4 bridgehead atoms. The van der Waals surface area contributed by atoms with Crippen LogP contribution in [0.3, 0.4) is 0 Å². The second kappa shape index (κ2) is 1.41. The highest BCUT2D eigenvalue weighted by atomic mass is 14.7. The third-order valence-corrected chi connectivity index (χ3v) is 4.71. The van der Waals surface area contributed by atoms with Gasteiger partial charge in [0, 0.05) is 0 Å². The van der Waals surface area contributed by atoms with Crippen molar-refractivity contribution in [3.8, 4) is 0 Å². The zero-order valence-electron chi connectivity index (χ0n) is 6.84. The molecule has 0 aromatic rings. The van der Waals surface area contributed by atoms with E-state index in [1.807, 2.05) is 5.92 Å². The van der Waals surface area contributed by atoms with Crippen molar-refractivity contribution in [2.45, 2.75) is 32.1 Å². The first-order chi connectivity index (χ1) is 5.36. The van der Waals surface area contributed by atoms with Gasteiger partial charge < -0.3 is 0 Å². The van der Waals surface area contributed by atoms with Crippen molar-refractivity contribution >= 4 is 0 Å². The summed E-state index contributed by atoms with van der Waals surface area (Å²) in [6.45, 7) is 0. The van der Waals surface area contributed by atoms with E-state index >= 15 is 0 Å². The lowest BCUT2D eigenvalue weighted by Gasteiger charge is -2.65. The summed E-state index contributed by atoms with van der Waals surface area (Å²) in [4.78, 5) is 0. The average Bonchev–Trinajstić information content (AvgIpc) is 2.06. The summed E-state index contributed by atoms with van der Waals surface area (Å²) in [6.07, 6.45) is 10.4. The van der Waals surface area contributed by atoms with Crippen LogP contribution in [0, 0.1) is 35.5 Å². The molecule has 0 aromatic carbocycles. The van der Waals surface area contributed by atoms with Gasteiger partial charge in [-0.05, 0) is 67.6 Å². The number of hydrogen-bond donors (Lipinski definition) is 0. The lowest BCUT2D eigenvalue weighted by Crippen LogP contribution is -2.57. The summed E-state index contributed by atoms with van der Waals surface area (Å²) in [6, 6.07) is 0. The zero-order valence-corrected chi connectivity index (χ0v) is 6.84. The summed E-state index contributed by atoms with van der Waals surface area (Å²) in [5.74, 6) is 5.23. The minimum absolute atomic E-state index is 0.797. The molecular formula is C11H14. The standard InChI is InChI=1S/C11H14/c1-7-2-9(1)10(3-7)11-4-8(5-11)6-11/h4,7-8,10H,1-3,5-6H2. The van der Waals surface area contributed by atoms with E-state index < -0.39 is 0 Å². The molecule has 0 heterocycles. The lowest BCUT2D eigenvalue weighted by atomic mass is 9.39. The molecule has 6 fully saturated rings. The predicted molar refractivity (Wildman–Crippen MR) is 43.5 cm³/mol. The Kier molecular flexibility index (Phi) is 0.717. The van der Waals surface area contributed by atoms with Crippen molar-refractivity contribution in [2.75, 3.05) is 0 Å². The average molecular weight is 146 g/mol. The summed E-state index contributed by atoms with van der Waals surface area (Å²) >= 11 is 0. The van der Waals surface area contributed by atoms with E-state index in [9.17, 15) is 0 Å². The molecule has 6 rings (SSSR count). The van der Waals surface area contributed by atoms with E-state index in [0.29, 0.717) is 0 Å². The number of hydrogen-bond acceptors (Lipinski definition) is 0. The number of fused-ring (bicyclic) bond motifs is 1. The Morgan fingerprint density at radius 2 is 2.00 bits per heavy atom. The Morgan fingerprint density at radius 1 is 1.27 bits per heavy atom. The molecule has 0 heteroatoms. The van der Waals surface area contributed by atoms with Gasteiger partial charge in [-0.3, -0.25) is 0 Å². The normalized spacial score (nSPS) is 64.9. The van der Waals surface area contributed by atoms with Gasteiger partial charge in [-0.2, -0.15) is 0 Å². The third-order valence-electron chi connectivity index (χ3n) is 4.71. The van der Waals surface area contributed by atoms with Crippen LogP contribution >= 0.6 is 0 Å². The van der Waals surface area contributed by atoms with E-state index in [2.05, 4.69) is 6.42 Å². The van der Waals surface area contributed by atoms with Gasteiger partial charge in [0.05, 0.1) is 0 Å². The van der Waals surface area contributed by atoms with Gasteiger partial charge in [0.25, 0.3) is 0 Å². The van der Waals surface area contributed by atoms with Crippen LogP contribution in [0.2, 0.25) is 0 Å². The molecule has 6 saturated carbocycles. The van der Waals surface area contributed by atoms with Gasteiger partial charge in [-0.15, -0.1) is 0 Å². The van der Waals surface area contributed by atoms with Gasteiger partial charge in [-0.1, -0.05) is 0 Å². The fraction of sp³-hybridized carbons (Fsp3) is 0.818. The number of rotatable bonds is 1. The second-order valence-electron chi connectivity index (χ2n) is 5.29. The molecule has 0 nitrogen and oxygen atoms in total. The van der Waals surface area contributed by atoms with E-state index in [1.54, 1.807) is 19.3 Å². The Morgan fingerprint density at radius 3 is 2.36 bits per heavy atom. The fourth-order valence-corrected chi connectivity index (χ4v) is 3.99. The monoisotopic (exact) mass is 146 g/mol. The molecule has 0 spiro atoms. The first kappa shape index (κ1) is 5.61. The van der Waals surface area contributed by atoms with Gasteiger partial charge in [0.15, 0.2) is 0 Å². The molecule has 0 N–H and O–H groups in total. The Bertz CT molecular complexity index is 195. The summed E-state index contributed by atoms with van der Waals surface area (Å²) < 4.78 is 0. The van der Waals surface area contributed by atoms with Crippen molar-refractivity contribution in [3.05, 3.63) is 12.3 Å². The lowest BCUT2D eigenvalue weighted by molar-refractivity contribution is -0.0614. The highest BCUT2D eigenvalue weighted by Gasteiger charge is 2.65. The van der Waals surface area contributed by atoms with Gasteiger partial charge in [-0.25, -0.2) is 0 Å². The van der Waals surface area contributed by atoms with Crippen LogP contribution in [0.4, 0.5) is 0 Å². The van der Waals surface area contributed by atoms with E-state index in [4.69, 9.17) is 0 Å². The quantitative estimate of drug-likeness (QED) is 0.533. The Balaban J connectivity index is 1.65. The van der Waals surface area contributed by atoms with Crippen LogP contribution in [0.25, 0.3) is 0 Å². The molecule has 6 aliphatic rings. The molecule has 1 unspecified atom stereocenters. The minimum Gasteiger partial charge on any atom is -0.0465 e. The molecule has 6 aliphatic carbocycles. The van der Waals surface area contributed by atoms with Crippen LogP contribution in [0.1, 0.15) is 32.1 Å². The first-order valence-corrected chi connectivity index (χ1v) is 5.06. The van der Waals surface area contributed by atoms with E-state index in [1.165, 1.54) is 12.8 Å². The first-order valence-electron chi connectivity index (χ1n) is 5.06. The molecule has 1 atom stereocenters. The van der Waals surface area contributed by atoms with Crippen LogP contribution in [-0.2, 0) is 0 Å². The molecular weight excluding hydrogens is 132 g/mol. The highest BCUT2D eigenvalue weighted by Crippen LogP contribution is 2.74. The molecule has 11 heavy (non-hydrogen) atoms. The Hall–Kier alpha value is 0. The van der Waals surface area contributed by atoms with Crippen LogP contribution in [-0.4, -0.2) is 0 Å². The zero-order chi connectivity index (χ0) is 7.05. The maximum Gasteiger partial charge on any atom is -0.0199 e. The van der Waals surface area contributed by atoms with Crippen LogP contribution in [0.15, 0.2) is 0 Å². The molecule has 58 valence electrons. The van der Waals surface area contributed by atoms with Crippen molar-refractivity contribution in [1.29, 1.82) is 0 Å². The predicted octanol–water partition coefficient (Wildman–Crippen LogP) is 2.61.